The Morgan fingerprint density at radius 1 is 0.571 bits per heavy atom. The molecule has 0 bridgehead atoms. The fraction of sp³-hybridized carbons (Fsp3) is 0.160. The highest BCUT2D eigenvalue weighted by Crippen LogP contribution is 2.60. The first-order valence-electron chi connectivity index (χ1n) is 18.9. The fourth-order valence-corrected chi connectivity index (χ4v) is 9.58. The summed E-state index contributed by atoms with van der Waals surface area (Å²) in [6.07, 6.45) is 2.87. The maximum atomic E-state index is 8.13. The first-order chi connectivity index (χ1) is 27.0. The minimum absolute atomic E-state index is 0.142. The number of rotatable bonds is 8. The molecule has 0 N–H and O–H groups in total. The van der Waals surface area contributed by atoms with Gasteiger partial charge in [-0.25, -0.2) is 0 Å². The Hall–Kier alpha value is -5.00. The summed E-state index contributed by atoms with van der Waals surface area (Å²) >= 11 is 18.7. The Labute approximate surface area is 348 Å². The van der Waals surface area contributed by atoms with Crippen LogP contribution < -0.4 is 9.64 Å². The number of nitrogens with zero attached hydrogens (tertiary/aromatic N) is 2. The lowest BCUT2D eigenvalue weighted by Gasteiger charge is -2.57. The van der Waals surface area contributed by atoms with Gasteiger partial charge < -0.3 is 4.74 Å². The zero-order valence-corrected chi connectivity index (χ0v) is 35.3. The second kappa shape index (κ2) is 15.2. The lowest BCUT2D eigenvalue weighted by Crippen LogP contribution is -2.64. The molecule has 1 fully saturated rings. The number of benzene rings is 6. The van der Waals surface area contributed by atoms with Gasteiger partial charge >= 0.3 is 0 Å². The highest BCUT2D eigenvalue weighted by molar-refractivity contribution is 9.10. The lowest BCUT2D eigenvalue weighted by atomic mass is 9.84. The number of ether oxygens (including phenoxy) is 1. The molecule has 6 aromatic carbocycles. The number of halogens is 3. The van der Waals surface area contributed by atoms with Crippen molar-refractivity contribution in [2.45, 2.75) is 46.9 Å². The number of allylic oxidation sites excluding steroid dienone is 1. The highest BCUT2D eigenvalue weighted by Gasteiger charge is 2.56. The van der Waals surface area contributed by atoms with Crippen molar-refractivity contribution in [2.75, 3.05) is 4.90 Å². The number of hydrogen-bond donors (Lipinski definition) is 0. The molecule has 1 aliphatic rings. The summed E-state index contributed by atoms with van der Waals surface area (Å²) in [6, 6.07) is 52.4. The van der Waals surface area contributed by atoms with Crippen molar-refractivity contribution >= 4 is 44.8 Å². The van der Waals surface area contributed by atoms with Crippen molar-refractivity contribution in [2.24, 2.45) is 5.41 Å². The topological polar surface area (TPSA) is 17.4 Å². The van der Waals surface area contributed by atoms with E-state index in [1.165, 1.54) is 0 Å². The molecule has 1 aromatic heterocycles. The summed E-state index contributed by atoms with van der Waals surface area (Å²) in [7, 11) is 0. The van der Waals surface area contributed by atoms with Crippen LogP contribution in [0.25, 0.3) is 44.5 Å². The summed E-state index contributed by atoms with van der Waals surface area (Å²) in [5.41, 5.74) is 12.0. The van der Waals surface area contributed by atoms with E-state index in [-0.39, 0.29) is 5.41 Å². The van der Waals surface area contributed by atoms with Crippen molar-refractivity contribution in [1.82, 2.24) is 4.57 Å². The number of para-hydroxylation sites is 1. The Bertz CT molecular complexity index is 2420. The van der Waals surface area contributed by atoms with Gasteiger partial charge in [0, 0.05) is 43.8 Å². The van der Waals surface area contributed by atoms with E-state index in [4.69, 9.17) is 27.9 Å². The average molecular weight is 839 g/mol. The fourth-order valence-electron chi connectivity index (χ4n) is 8.16. The third kappa shape index (κ3) is 6.78. The van der Waals surface area contributed by atoms with Crippen molar-refractivity contribution in [3.05, 3.63) is 189 Å². The molecule has 0 spiro atoms. The van der Waals surface area contributed by atoms with Gasteiger partial charge in [0.25, 0.3) is 5.85 Å². The highest BCUT2D eigenvalue weighted by atomic mass is 79.9. The van der Waals surface area contributed by atoms with Crippen LogP contribution in [-0.2, 0) is 5.85 Å². The normalized spacial score (nSPS) is 16.2. The molecule has 8 rings (SSSR count). The van der Waals surface area contributed by atoms with Gasteiger partial charge in [-0.15, -0.1) is 0 Å². The zero-order chi connectivity index (χ0) is 39.2. The molecule has 56 heavy (non-hydrogen) atoms. The molecule has 0 aliphatic carbocycles. The molecule has 1 saturated heterocycles. The maximum absolute atomic E-state index is 8.13. The molecular weight excluding hydrogens is 795 g/mol. The molecule has 1 aliphatic heterocycles. The van der Waals surface area contributed by atoms with E-state index in [2.05, 4.69) is 200 Å². The molecule has 3 nitrogen and oxygen atoms in total. The second-order valence-corrected chi connectivity index (χ2v) is 17.1. The molecule has 0 radical (unpaired) electrons. The molecule has 1 atom stereocenters. The molecule has 6 heteroatoms. The molecule has 2 heterocycles. The van der Waals surface area contributed by atoms with Crippen LogP contribution in [0.1, 0.15) is 38.6 Å². The van der Waals surface area contributed by atoms with E-state index < -0.39 is 5.85 Å². The predicted molar refractivity (Wildman–Crippen MR) is 239 cm³/mol. The van der Waals surface area contributed by atoms with E-state index in [1.807, 2.05) is 18.2 Å². The maximum Gasteiger partial charge on any atom is 0.277 e. The molecule has 280 valence electrons. The summed E-state index contributed by atoms with van der Waals surface area (Å²) in [6.45, 7) is 10.9. The van der Waals surface area contributed by atoms with E-state index in [0.29, 0.717) is 22.2 Å². The molecular formula is C50H43BrCl2N2O. The number of anilines is 1. The third-order valence-electron chi connectivity index (χ3n) is 10.3. The van der Waals surface area contributed by atoms with E-state index in [1.54, 1.807) is 0 Å². The van der Waals surface area contributed by atoms with Gasteiger partial charge in [0.2, 0.25) is 0 Å². The zero-order valence-electron chi connectivity index (χ0n) is 32.2. The lowest BCUT2D eigenvalue weighted by molar-refractivity contribution is -0.0453. The van der Waals surface area contributed by atoms with Gasteiger partial charge in [0.1, 0.15) is 5.75 Å². The quantitative estimate of drug-likeness (QED) is 0.152. The summed E-state index contributed by atoms with van der Waals surface area (Å²) in [4.78, 5) is 2.24. The standard InChI is InChI=1S/C50H43BrCl2N2O/c1-33-29-30-34(2)54(33)50(32-39(31-49(3,4)5)55(50)47-40(52)27-18-28-41(47)53)56-48-44(37-23-14-8-15-24-37)42(35-19-10-6-11-20-35)46(51)43(36-21-12-7-13-22-36)45(48)38-25-16-9-17-26-38/h6-31H,32H2,1-5H3/b39-31-/t50-/m0/s1. The van der Waals surface area contributed by atoms with E-state index >= 15 is 0 Å². The summed E-state index contributed by atoms with van der Waals surface area (Å²) in [5.74, 6) is -0.370. The average Bonchev–Trinajstić information content (AvgIpc) is 3.53. The molecule has 0 amide bonds. The predicted octanol–water partition coefficient (Wildman–Crippen LogP) is 15.4. The van der Waals surface area contributed by atoms with Crippen LogP contribution >= 0.6 is 39.1 Å². The van der Waals surface area contributed by atoms with Crippen LogP contribution in [0.2, 0.25) is 10.0 Å². The van der Waals surface area contributed by atoms with Crippen molar-refractivity contribution in [3.63, 3.8) is 0 Å². The Morgan fingerprint density at radius 2 is 0.964 bits per heavy atom. The van der Waals surface area contributed by atoms with Crippen LogP contribution in [-0.4, -0.2) is 4.57 Å². The van der Waals surface area contributed by atoms with Gasteiger partial charge in [-0.05, 0) is 81.7 Å². The number of aryl methyl sites for hydroxylation is 2. The Kier molecular flexibility index (Phi) is 10.3. The van der Waals surface area contributed by atoms with Crippen molar-refractivity contribution < 1.29 is 4.74 Å². The SMILES string of the molecule is Cc1ccc(C)n1[C@@]1(Oc2c(-c3ccccc3)c(-c3ccccc3)c(Br)c(-c3ccccc3)c2-c2ccccc2)C/C(=C/C(C)(C)C)N1c1c(Cl)cccc1Cl. The molecule has 0 saturated carbocycles. The number of hydrogen-bond acceptors (Lipinski definition) is 2. The first kappa shape index (κ1) is 37.9. The van der Waals surface area contributed by atoms with Gasteiger partial charge in [-0.2, -0.15) is 0 Å². The first-order valence-corrected chi connectivity index (χ1v) is 20.4. The van der Waals surface area contributed by atoms with Crippen LogP contribution in [0.4, 0.5) is 5.69 Å². The van der Waals surface area contributed by atoms with Crippen molar-refractivity contribution in [1.29, 1.82) is 0 Å². The Balaban J connectivity index is 1.57. The van der Waals surface area contributed by atoms with E-state index in [0.717, 1.165) is 71.8 Å². The van der Waals surface area contributed by atoms with Gasteiger partial charge in [-0.3, -0.25) is 9.47 Å². The van der Waals surface area contributed by atoms with Crippen LogP contribution in [0.5, 0.6) is 5.75 Å². The third-order valence-corrected chi connectivity index (χ3v) is 11.7. The smallest absolute Gasteiger partial charge is 0.277 e. The van der Waals surface area contributed by atoms with Crippen molar-refractivity contribution in [3.8, 4) is 50.3 Å². The second-order valence-electron chi connectivity index (χ2n) is 15.5. The van der Waals surface area contributed by atoms with Gasteiger partial charge in [0.15, 0.2) is 0 Å². The van der Waals surface area contributed by atoms with Gasteiger partial charge in [0.05, 0.1) is 22.2 Å². The summed E-state index contributed by atoms with van der Waals surface area (Å²) < 4.78 is 11.4. The van der Waals surface area contributed by atoms with Crippen LogP contribution in [0.3, 0.4) is 0 Å². The number of aromatic nitrogens is 1. The monoisotopic (exact) mass is 836 g/mol. The summed E-state index contributed by atoms with van der Waals surface area (Å²) in [5, 5.41) is 1.09. The Morgan fingerprint density at radius 3 is 1.36 bits per heavy atom. The molecule has 7 aromatic rings. The molecule has 0 unspecified atom stereocenters. The van der Waals surface area contributed by atoms with Crippen LogP contribution in [0, 0.1) is 19.3 Å². The largest absolute Gasteiger partial charge is 0.447 e. The minimum Gasteiger partial charge on any atom is -0.447 e. The van der Waals surface area contributed by atoms with E-state index in [9.17, 15) is 0 Å². The van der Waals surface area contributed by atoms with Crippen LogP contribution in [0.15, 0.2) is 168 Å². The minimum atomic E-state index is -1.12. The van der Waals surface area contributed by atoms with Gasteiger partial charge in [-0.1, -0.05) is 177 Å².